The maximum atomic E-state index is 7.09. The molecule has 3 heterocycles. The Labute approximate surface area is 423 Å². The van der Waals surface area contributed by atoms with Crippen molar-refractivity contribution in [2.75, 3.05) is 9.80 Å². The van der Waals surface area contributed by atoms with Crippen LogP contribution in [0.5, 0.6) is 11.5 Å². The van der Waals surface area contributed by atoms with Crippen molar-refractivity contribution in [3.8, 4) is 11.5 Å². The van der Waals surface area contributed by atoms with E-state index in [2.05, 4.69) is 225 Å². The average molecular weight is 1080 g/mol. The van der Waals surface area contributed by atoms with E-state index >= 15 is 0 Å². The largest absolute Gasteiger partial charge is 2.00 e. The predicted molar refractivity (Wildman–Crippen MR) is 281 cm³/mol. The Morgan fingerprint density at radius 3 is 1.93 bits per heavy atom. The van der Waals surface area contributed by atoms with E-state index in [4.69, 9.17) is 14.7 Å². The number of benzene rings is 5. The van der Waals surface area contributed by atoms with E-state index in [1.165, 1.54) is 55.8 Å². The zero-order valence-corrected chi connectivity index (χ0v) is 46.2. The van der Waals surface area contributed by atoms with E-state index in [0.29, 0.717) is 23.3 Å². The first-order valence-electron chi connectivity index (χ1n) is 24.6. The normalized spacial score (nSPS) is 19.4. The summed E-state index contributed by atoms with van der Waals surface area (Å²) in [4.78, 5) is 16.0. The van der Waals surface area contributed by atoms with Gasteiger partial charge in [0.1, 0.15) is 5.82 Å². The molecule has 6 aromatic rings. The quantitative estimate of drug-likeness (QED) is 0.149. The van der Waals surface area contributed by atoms with Gasteiger partial charge in [-0.05, 0) is 126 Å². The molecular formula is C62H72N4OPt. The fourth-order valence-electron chi connectivity index (χ4n) is 11.1. The molecule has 0 saturated carbocycles. The van der Waals surface area contributed by atoms with Gasteiger partial charge in [-0.2, -0.15) is 5.56 Å². The molecule has 0 unspecified atom stereocenters. The smallest absolute Gasteiger partial charge is 0.503 e. The van der Waals surface area contributed by atoms with Gasteiger partial charge in [-0.1, -0.05) is 150 Å². The van der Waals surface area contributed by atoms with E-state index in [-0.39, 0.29) is 42.8 Å². The zero-order chi connectivity index (χ0) is 48.5. The fraction of sp³-hybridized carbons (Fsp3) is 0.419. The Morgan fingerprint density at radius 2 is 1.29 bits per heavy atom. The van der Waals surface area contributed by atoms with Gasteiger partial charge >= 0.3 is 21.1 Å². The van der Waals surface area contributed by atoms with Crippen LogP contribution in [0.1, 0.15) is 181 Å². The van der Waals surface area contributed by atoms with E-state index < -0.39 is 5.54 Å². The van der Waals surface area contributed by atoms with E-state index in [1.54, 1.807) is 0 Å². The summed E-state index contributed by atoms with van der Waals surface area (Å²) in [5.74, 6) is 3.74. The molecule has 0 N–H and O–H groups in total. The van der Waals surface area contributed by atoms with Gasteiger partial charge in [0, 0.05) is 40.0 Å². The molecule has 5 nitrogen and oxygen atoms in total. The molecule has 0 bridgehead atoms. The van der Waals surface area contributed by atoms with Gasteiger partial charge in [0.15, 0.2) is 0 Å². The van der Waals surface area contributed by atoms with Crippen LogP contribution in [0.4, 0.5) is 22.9 Å². The molecule has 1 aliphatic carbocycles. The van der Waals surface area contributed by atoms with Crippen LogP contribution in [0.15, 0.2) is 90.1 Å². The number of hydrogen-bond acceptors (Lipinski definition) is 5. The number of para-hydroxylation sites is 1. The summed E-state index contributed by atoms with van der Waals surface area (Å²) in [6.07, 6.45) is 2.86. The number of aromatic nitrogens is 1. The predicted octanol–water partition coefficient (Wildman–Crippen LogP) is 16.2. The maximum Gasteiger partial charge on any atom is 2.00 e. The minimum absolute atomic E-state index is 0. The second-order valence-corrected chi connectivity index (χ2v) is 23.7. The fourth-order valence-corrected chi connectivity index (χ4v) is 11.1. The summed E-state index contributed by atoms with van der Waals surface area (Å²) in [7, 11) is 0. The molecule has 5 aromatic carbocycles. The molecule has 356 valence electrons. The summed E-state index contributed by atoms with van der Waals surface area (Å²) in [5, 5.41) is 0. The summed E-state index contributed by atoms with van der Waals surface area (Å²) in [6, 6.07) is 37.4. The van der Waals surface area contributed by atoms with Crippen LogP contribution in [0.3, 0.4) is 0 Å². The van der Waals surface area contributed by atoms with Crippen molar-refractivity contribution in [2.45, 2.75) is 170 Å². The molecule has 3 aliphatic rings. The van der Waals surface area contributed by atoms with Crippen molar-refractivity contribution >= 4 is 28.7 Å². The number of pyridine rings is 1. The minimum Gasteiger partial charge on any atom is -0.503 e. The second kappa shape index (κ2) is 16.9. The van der Waals surface area contributed by atoms with Crippen LogP contribution in [0.25, 0.3) is 0 Å². The van der Waals surface area contributed by atoms with Crippen molar-refractivity contribution in [1.82, 2.24) is 4.98 Å². The molecule has 6 heteroatoms. The van der Waals surface area contributed by atoms with Crippen molar-refractivity contribution < 1.29 is 25.8 Å². The first kappa shape index (κ1) is 49.4. The summed E-state index contributed by atoms with van der Waals surface area (Å²) in [6.45, 7) is 41.2. The molecule has 2 aliphatic heterocycles. The van der Waals surface area contributed by atoms with Gasteiger partial charge in [0.2, 0.25) is 0 Å². The number of amidine groups is 1. The van der Waals surface area contributed by atoms with Crippen LogP contribution in [0.2, 0.25) is 0 Å². The summed E-state index contributed by atoms with van der Waals surface area (Å²) >= 11 is 0. The van der Waals surface area contributed by atoms with Gasteiger partial charge in [-0.15, -0.1) is 35.4 Å². The topological polar surface area (TPSA) is 41.0 Å². The summed E-state index contributed by atoms with van der Waals surface area (Å²) < 4.78 is 7.09. The molecule has 0 radical (unpaired) electrons. The average Bonchev–Trinajstić information content (AvgIpc) is 3.59. The Bertz CT molecular complexity index is 2990. The monoisotopic (exact) mass is 1080 g/mol. The molecule has 2 atom stereocenters. The van der Waals surface area contributed by atoms with E-state index in [9.17, 15) is 0 Å². The maximum absolute atomic E-state index is 7.09. The number of aryl methyl sites for hydroxylation is 4. The Hall–Kier alpha value is -4.99. The van der Waals surface area contributed by atoms with Crippen LogP contribution >= 0.6 is 0 Å². The third-order valence-electron chi connectivity index (χ3n) is 15.5. The van der Waals surface area contributed by atoms with Gasteiger partial charge in [-0.25, -0.2) is 4.98 Å². The standard InChI is InChI=1S/C62H72N4O.Pt/c1-36(2)49-20-19-21-50(37(3)4)55(49)66-56(64-62(18)51-28-41(8)40(7)27-43(51)34-61(62,66)17)42-29-45(59(12,13)14)31-48(30-42)67-47-25-38(5)24-46(33-47)65-54-23-22-44(58(9,10)11)32-52(54)60(15,16)53-26-39(6)35-63-57(53)65;/h19-29,31-32,35-37H,34H2,1-18H3;/q-2;+2/t61-,62+;/m0./s1. The molecular weight excluding hydrogens is 1010 g/mol. The van der Waals surface area contributed by atoms with Crippen LogP contribution < -0.4 is 14.5 Å². The first-order valence-corrected chi connectivity index (χ1v) is 24.6. The molecule has 9 rings (SSSR count). The van der Waals surface area contributed by atoms with E-state index in [0.717, 1.165) is 51.7 Å². The van der Waals surface area contributed by atoms with Crippen molar-refractivity contribution in [2.24, 2.45) is 4.99 Å². The Balaban J connectivity index is 0.00000625. The van der Waals surface area contributed by atoms with Gasteiger partial charge in [0.05, 0.1) is 16.9 Å². The first-order chi connectivity index (χ1) is 31.2. The van der Waals surface area contributed by atoms with Gasteiger partial charge in [0.25, 0.3) is 0 Å². The van der Waals surface area contributed by atoms with Crippen molar-refractivity contribution in [1.29, 1.82) is 0 Å². The molecule has 0 fully saturated rings. The van der Waals surface area contributed by atoms with Crippen molar-refractivity contribution in [3.63, 3.8) is 0 Å². The zero-order valence-electron chi connectivity index (χ0n) is 44.0. The SMILES string of the molecule is Cc1cc(Oc2[c-]c(C3=N[C@]4(C)c5cc(C)c(C)cc5C[C@]4(C)N3c3c(C(C)C)cccc3C(C)C)cc(C(C)(C)C)c2)[c-]c(N2c3ccc(C(C)(C)C)cc3C(C)(C)c3cc(C)cnc32)c1.[Pt+2]. The molecule has 68 heavy (non-hydrogen) atoms. The molecule has 1 aromatic heterocycles. The number of hydrogen-bond donors (Lipinski definition) is 0. The second-order valence-electron chi connectivity index (χ2n) is 23.7. The third kappa shape index (κ3) is 7.97. The van der Waals surface area contributed by atoms with Crippen LogP contribution in [-0.4, -0.2) is 16.4 Å². The molecule has 0 spiro atoms. The van der Waals surface area contributed by atoms with Gasteiger partial charge < -0.3 is 19.5 Å². The number of anilines is 4. The summed E-state index contributed by atoms with van der Waals surface area (Å²) in [5.41, 5.74) is 18.0. The van der Waals surface area contributed by atoms with E-state index in [1.807, 2.05) is 6.20 Å². The Kier molecular flexibility index (Phi) is 12.3. The number of aliphatic imine (C=N–C) groups is 1. The third-order valence-corrected chi connectivity index (χ3v) is 15.5. The molecule has 0 saturated heterocycles. The van der Waals surface area contributed by atoms with Crippen LogP contribution in [-0.2, 0) is 49.3 Å². The van der Waals surface area contributed by atoms with Crippen molar-refractivity contribution in [3.05, 3.63) is 170 Å². The van der Waals surface area contributed by atoms with Crippen LogP contribution in [0, 0.1) is 39.8 Å². The number of rotatable bonds is 7. The molecule has 0 amide bonds. The minimum atomic E-state index is -0.518. The number of fused-ring (bicyclic) bond motifs is 5. The number of ether oxygens (including phenoxy) is 1. The van der Waals surface area contributed by atoms with Gasteiger partial charge in [-0.3, -0.25) is 0 Å². The Morgan fingerprint density at radius 1 is 0.662 bits per heavy atom. The number of nitrogens with zero attached hydrogens (tertiary/aromatic N) is 4.